The lowest BCUT2D eigenvalue weighted by atomic mass is 9.67. The normalized spacial score (nSPS) is 38.3. The number of aliphatic hydroxyl groups excluding tert-OH is 2. The highest BCUT2D eigenvalue weighted by atomic mass is 16.4. The molecule has 0 saturated heterocycles. The van der Waals surface area contributed by atoms with Gasteiger partial charge >= 0.3 is 11.9 Å². The fourth-order valence-electron chi connectivity index (χ4n) is 4.31. The summed E-state index contributed by atoms with van der Waals surface area (Å²) in [5, 5.41) is 44.1. The molecule has 2 fully saturated rings. The van der Waals surface area contributed by atoms with Crippen molar-refractivity contribution in [3.05, 3.63) is 0 Å². The third-order valence-corrected chi connectivity index (χ3v) is 6.10. The van der Waals surface area contributed by atoms with E-state index in [1.807, 2.05) is 0 Å². The lowest BCUT2D eigenvalue weighted by Gasteiger charge is -2.39. The van der Waals surface area contributed by atoms with E-state index in [0.717, 1.165) is 0 Å². The summed E-state index contributed by atoms with van der Waals surface area (Å²) in [6, 6.07) is -0.743. The summed E-state index contributed by atoms with van der Waals surface area (Å²) < 4.78 is 0. The summed E-state index contributed by atoms with van der Waals surface area (Å²) in [7, 11) is 1.34. The van der Waals surface area contributed by atoms with E-state index < -0.39 is 65.7 Å². The van der Waals surface area contributed by atoms with Crippen molar-refractivity contribution in [2.75, 3.05) is 7.05 Å². The molecule has 0 spiro atoms. The fourth-order valence-corrected chi connectivity index (χ4v) is 4.31. The number of carboxylic acids is 2. The van der Waals surface area contributed by atoms with Gasteiger partial charge in [-0.05, 0) is 31.6 Å². The van der Waals surface area contributed by atoms with E-state index in [-0.39, 0.29) is 31.6 Å². The Bertz CT molecular complexity index is 639. The van der Waals surface area contributed by atoms with Crippen LogP contribution in [0.25, 0.3) is 0 Å². The van der Waals surface area contributed by atoms with Crippen molar-refractivity contribution >= 4 is 23.8 Å². The van der Waals surface area contributed by atoms with E-state index in [1.165, 1.54) is 7.05 Å². The van der Waals surface area contributed by atoms with Crippen LogP contribution in [0.4, 0.5) is 0 Å². The maximum Gasteiger partial charge on any atom is 0.307 e. The molecule has 10 nitrogen and oxygen atoms in total. The van der Waals surface area contributed by atoms with Crippen molar-refractivity contribution in [3.8, 4) is 0 Å². The van der Waals surface area contributed by atoms with Gasteiger partial charge in [-0.1, -0.05) is 6.92 Å². The van der Waals surface area contributed by atoms with Crippen molar-refractivity contribution < 1.29 is 39.6 Å². The van der Waals surface area contributed by atoms with Gasteiger partial charge < -0.3 is 31.1 Å². The molecule has 6 N–H and O–H groups in total. The molecule has 0 aromatic rings. The Kier molecular flexibility index (Phi) is 7.00. The predicted octanol–water partition coefficient (Wildman–Crippen LogP) is -1.20. The molecular formula is C18H28N2O8. The third kappa shape index (κ3) is 4.61. The van der Waals surface area contributed by atoms with Crippen LogP contribution in [0.5, 0.6) is 0 Å². The molecule has 0 radical (unpaired) electrons. The van der Waals surface area contributed by atoms with Gasteiger partial charge in [-0.3, -0.25) is 19.2 Å². The molecule has 8 unspecified atom stereocenters. The number of carboxylic acid groups (broad SMARTS) is 2. The quantitative estimate of drug-likeness (QED) is 0.334. The lowest BCUT2D eigenvalue weighted by Crippen LogP contribution is -2.55. The number of rotatable bonds is 5. The van der Waals surface area contributed by atoms with Crippen molar-refractivity contribution in [1.82, 2.24) is 10.6 Å². The molecule has 2 rings (SSSR count). The first-order chi connectivity index (χ1) is 13.1. The number of nitrogens with one attached hydrogen (secondary N) is 2. The molecular weight excluding hydrogens is 372 g/mol. The van der Waals surface area contributed by atoms with Gasteiger partial charge in [-0.2, -0.15) is 0 Å². The highest BCUT2D eigenvalue weighted by molar-refractivity contribution is 5.90. The van der Waals surface area contributed by atoms with E-state index in [2.05, 4.69) is 10.6 Å². The van der Waals surface area contributed by atoms with Gasteiger partial charge in [-0.25, -0.2) is 0 Å². The first-order valence-corrected chi connectivity index (χ1v) is 9.40. The largest absolute Gasteiger partial charge is 0.481 e. The summed E-state index contributed by atoms with van der Waals surface area (Å²) >= 11 is 0. The second-order valence-corrected chi connectivity index (χ2v) is 7.89. The van der Waals surface area contributed by atoms with Gasteiger partial charge in [0, 0.05) is 7.05 Å². The monoisotopic (exact) mass is 400 g/mol. The lowest BCUT2D eigenvalue weighted by molar-refractivity contribution is -0.160. The predicted molar refractivity (Wildman–Crippen MR) is 94.9 cm³/mol. The Morgan fingerprint density at radius 3 is 1.71 bits per heavy atom. The minimum absolute atomic E-state index is 0.127. The van der Waals surface area contributed by atoms with Gasteiger partial charge in [0.25, 0.3) is 0 Å². The van der Waals surface area contributed by atoms with Gasteiger partial charge in [0.15, 0.2) is 0 Å². The number of hydrogen-bond acceptors (Lipinski definition) is 6. The van der Waals surface area contributed by atoms with Gasteiger partial charge in [-0.15, -0.1) is 0 Å². The summed E-state index contributed by atoms with van der Waals surface area (Å²) in [6.07, 6.45) is -1.74. The van der Waals surface area contributed by atoms with Crippen LogP contribution in [-0.4, -0.2) is 69.5 Å². The molecule has 28 heavy (non-hydrogen) atoms. The topological polar surface area (TPSA) is 173 Å². The van der Waals surface area contributed by atoms with Crippen LogP contribution in [-0.2, 0) is 19.2 Å². The van der Waals surface area contributed by atoms with Gasteiger partial charge in [0.2, 0.25) is 11.8 Å². The molecule has 2 amide bonds. The molecule has 0 aromatic heterocycles. The molecule has 2 aliphatic rings. The zero-order valence-corrected chi connectivity index (χ0v) is 15.9. The number of carbonyl (C=O) groups excluding carboxylic acids is 2. The van der Waals surface area contributed by atoms with Crippen molar-refractivity contribution in [1.29, 1.82) is 0 Å². The fraction of sp³-hybridized carbons (Fsp3) is 0.778. The average Bonchev–Trinajstić information content (AvgIpc) is 2.63. The first-order valence-electron chi connectivity index (χ1n) is 9.40. The number of hydrogen-bond donors (Lipinski definition) is 6. The summed E-state index contributed by atoms with van der Waals surface area (Å²) in [5.74, 6) is -8.53. The number of carbonyl (C=O) groups is 4. The maximum absolute atomic E-state index is 12.8. The summed E-state index contributed by atoms with van der Waals surface area (Å²) in [4.78, 5) is 48.1. The summed E-state index contributed by atoms with van der Waals surface area (Å²) in [6.45, 7) is 1.78. The Hall–Kier alpha value is -2.20. The molecule has 158 valence electrons. The van der Waals surface area contributed by atoms with E-state index in [1.54, 1.807) is 6.92 Å². The average molecular weight is 400 g/mol. The Morgan fingerprint density at radius 1 is 0.750 bits per heavy atom. The van der Waals surface area contributed by atoms with E-state index in [0.29, 0.717) is 0 Å². The van der Waals surface area contributed by atoms with Crippen LogP contribution in [0.1, 0.15) is 32.6 Å². The first kappa shape index (κ1) is 22.1. The van der Waals surface area contributed by atoms with E-state index >= 15 is 0 Å². The van der Waals surface area contributed by atoms with Crippen molar-refractivity contribution in [2.24, 2.45) is 29.6 Å². The Morgan fingerprint density at radius 2 is 1.25 bits per heavy atom. The molecule has 0 bridgehead atoms. The number of aliphatic carboxylic acids is 2. The third-order valence-electron chi connectivity index (χ3n) is 6.10. The van der Waals surface area contributed by atoms with Crippen LogP contribution in [0.2, 0.25) is 0 Å². The highest BCUT2D eigenvalue weighted by Crippen LogP contribution is 2.39. The van der Waals surface area contributed by atoms with Crippen molar-refractivity contribution in [2.45, 2.75) is 50.9 Å². The van der Waals surface area contributed by atoms with Crippen LogP contribution in [0.15, 0.2) is 0 Å². The molecule has 2 aliphatic carbocycles. The SMILES string of the molecule is CNC(=O)C1CC(C(=O)O)C(C(=O)NC2CC(O)C(C)CC2O)CC1C(=O)O. The van der Waals surface area contributed by atoms with Gasteiger partial charge in [0.05, 0.1) is 41.9 Å². The Balaban J connectivity index is 2.19. The van der Waals surface area contributed by atoms with Crippen molar-refractivity contribution in [3.63, 3.8) is 0 Å². The number of amides is 2. The highest BCUT2D eigenvalue weighted by Gasteiger charge is 2.49. The smallest absolute Gasteiger partial charge is 0.307 e. The zero-order chi connectivity index (χ0) is 21.2. The van der Waals surface area contributed by atoms with Gasteiger partial charge in [0.1, 0.15) is 0 Å². The maximum atomic E-state index is 12.8. The number of aliphatic hydroxyl groups is 2. The molecule has 0 aliphatic heterocycles. The van der Waals surface area contributed by atoms with Crippen LogP contribution in [0.3, 0.4) is 0 Å². The van der Waals surface area contributed by atoms with E-state index in [9.17, 15) is 39.6 Å². The minimum Gasteiger partial charge on any atom is -0.481 e. The van der Waals surface area contributed by atoms with Crippen LogP contribution >= 0.6 is 0 Å². The second-order valence-electron chi connectivity index (χ2n) is 7.89. The second kappa shape index (κ2) is 8.87. The van der Waals surface area contributed by atoms with Crippen LogP contribution in [0, 0.1) is 29.6 Å². The molecule has 8 atom stereocenters. The zero-order valence-electron chi connectivity index (χ0n) is 15.9. The van der Waals surface area contributed by atoms with Crippen LogP contribution < -0.4 is 10.6 Å². The molecule has 0 aromatic carbocycles. The molecule has 2 saturated carbocycles. The standard InChI is InChI=1S/C18H28N2O8/c1-7-3-14(22)12(6-13(7)21)20-16(24)9-5-10(17(25)26)8(15(23)19-2)4-11(9)18(27)28/h7-14,21-22H,3-6H2,1-2H3,(H,19,23)(H,20,24)(H,25,26)(H,27,28). The Labute approximate surface area is 162 Å². The summed E-state index contributed by atoms with van der Waals surface area (Å²) in [5.41, 5.74) is 0. The minimum atomic E-state index is -1.28. The molecule has 10 heteroatoms. The molecule has 0 heterocycles. The van der Waals surface area contributed by atoms with E-state index in [4.69, 9.17) is 0 Å².